The predicted molar refractivity (Wildman–Crippen MR) is 101 cm³/mol. The number of hydrogen-bond donors (Lipinski definition) is 2. The zero-order chi connectivity index (χ0) is 17.4. The Kier molecular flexibility index (Phi) is 8.25. The first-order valence-electron chi connectivity index (χ1n) is 7.93. The van der Waals surface area contributed by atoms with Crippen LogP contribution in [0, 0.1) is 0 Å². The maximum Gasteiger partial charge on any atom is 0.244 e. The Hall–Kier alpha value is -2.24. The average Bonchev–Trinajstić information content (AvgIpc) is 2.62. The van der Waals surface area contributed by atoms with Crippen LogP contribution < -0.4 is 20.5 Å². The molecule has 1 amide bonds. The molecule has 3 N–H and O–H groups in total. The Morgan fingerprint density at radius 2 is 1.80 bits per heavy atom. The number of ether oxygens (including phenoxy) is 2. The lowest BCUT2D eigenvalue weighted by Gasteiger charge is -2.24. The van der Waals surface area contributed by atoms with Gasteiger partial charge in [0.1, 0.15) is 17.0 Å². The summed E-state index contributed by atoms with van der Waals surface area (Å²) in [5.41, 5.74) is 5.90. The topological polar surface area (TPSA) is 73.6 Å². The smallest absolute Gasteiger partial charge is 0.244 e. The van der Waals surface area contributed by atoms with Crippen molar-refractivity contribution in [2.24, 2.45) is 5.73 Å². The zero-order valence-corrected chi connectivity index (χ0v) is 15.3. The first-order valence-corrected chi connectivity index (χ1v) is 7.93. The molecule has 1 unspecified atom stereocenters. The summed E-state index contributed by atoms with van der Waals surface area (Å²) in [4.78, 5) is 12.3. The Bertz CT molecular complexity index is 663. The molecule has 0 bridgehead atoms. The number of benzene rings is 2. The molecule has 0 aromatic heterocycles. The van der Waals surface area contributed by atoms with Crippen molar-refractivity contribution in [2.45, 2.75) is 18.9 Å². The number of nitrogens with two attached hydrogens (primary N) is 1. The molecule has 0 saturated heterocycles. The van der Waals surface area contributed by atoms with Crippen molar-refractivity contribution in [1.82, 2.24) is 5.32 Å². The molecule has 0 aliphatic heterocycles. The van der Waals surface area contributed by atoms with Crippen LogP contribution in [0.3, 0.4) is 0 Å². The van der Waals surface area contributed by atoms with Gasteiger partial charge in [-0.15, -0.1) is 12.4 Å². The first kappa shape index (κ1) is 20.8. The molecule has 0 aliphatic carbocycles. The maximum atomic E-state index is 12.3. The minimum absolute atomic E-state index is 0. The van der Waals surface area contributed by atoms with E-state index in [1.807, 2.05) is 54.6 Å². The number of amides is 1. The largest absolute Gasteiger partial charge is 0.497 e. The summed E-state index contributed by atoms with van der Waals surface area (Å²) in [6.07, 6.45) is 0.688. The minimum Gasteiger partial charge on any atom is -0.497 e. The summed E-state index contributed by atoms with van der Waals surface area (Å²) in [6, 6.07) is 16.8. The summed E-state index contributed by atoms with van der Waals surface area (Å²) in [6.45, 7) is 2.72. The van der Waals surface area contributed by atoms with Crippen LogP contribution in [-0.4, -0.2) is 26.2 Å². The summed E-state index contributed by atoms with van der Waals surface area (Å²) >= 11 is 0. The van der Waals surface area contributed by atoms with Gasteiger partial charge in [-0.25, -0.2) is 0 Å². The molecule has 2 aromatic rings. The van der Waals surface area contributed by atoms with E-state index >= 15 is 0 Å². The molecule has 0 radical (unpaired) electrons. The van der Waals surface area contributed by atoms with Gasteiger partial charge >= 0.3 is 0 Å². The highest BCUT2D eigenvalue weighted by atomic mass is 35.5. The van der Waals surface area contributed by atoms with Crippen LogP contribution in [0.25, 0.3) is 0 Å². The van der Waals surface area contributed by atoms with Gasteiger partial charge in [-0.05, 0) is 31.0 Å². The standard InChI is InChI=1S/C19H24N2O3.ClH/c1-19(20,15-8-4-3-5-9-15)18(22)21-12-7-13-24-17-11-6-10-16(14-17)23-2;/h3-6,8-11,14H,7,12-13,20H2,1-2H3,(H,21,22);1H. The number of halogens is 1. The van der Waals surface area contributed by atoms with Gasteiger partial charge in [0.05, 0.1) is 13.7 Å². The predicted octanol–water partition coefficient (Wildman–Crippen LogP) is 2.88. The first-order chi connectivity index (χ1) is 11.5. The number of methoxy groups -OCH3 is 1. The maximum absolute atomic E-state index is 12.3. The number of nitrogens with one attached hydrogen (secondary N) is 1. The van der Waals surface area contributed by atoms with Crippen molar-refractivity contribution in [1.29, 1.82) is 0 Å². The van der Waals surface area contributed by atoms with Crippen molar-refractivity contribution >= 4 is 18.3 Å². The van der Waals surface area contributed by atoms with E-state index in [4.69, 9.17) is 15.2 Å². The highest BCUT2D eigenvalue weighted by molar-refractivity contribution is 5.86. The minimum atomic E-state index is -1.05. The van der Waals surface area contributed by atoms with Gasteiger partial charge in [0.25, 0.3) is 0 Å². The van der Waals surface area contributed by atoms with Crippen LogP contribution in [-0.2, 0) is 10.3 Å². The molecule has 5 nitrogen and oxygen atoms in total. The Morgan fingerprint density at radius 3 is 2.48 bits per heavy atom. The van der Waals surface area contributed by atoms with Gasteiger partial charge in [0.2, 0.25) is 5.91 Å². The fraction of sp³-hybridized carbons (Fsp3) is 0.316. The SMILES string of the molecule is COc1cccc(OCCCNC(=O)C(C)(N)c2ccccc2)c1.Cl. The quantitative estimate of drug-likeness (QED) is 0.706. The molecule has 0 saturated carbocycles. The van der Waals surface area contributed by atoms with E-state index in [0.717, 1.165) is 17.1 Å². The summed E-state index contributed by atoms with van der Waals surface area (Å²) in [7, 11) is 1.62. The van der Waals surface area contributed by atoms with Crippen molar-refractivity contribution in [2.75, 3.05) is 20.3 Å². The lowest BCUT2D eigenvalue weighted by atomic mass is 9.92. The molecule has 136 valence electrons. The van der Waals surface area contributed by atoms with E-state index in [2.05, 4.69) is 5.32 Å². The van der Waals surface area contributed by atoms with Crippen LogP contribution in [0.2, 0.25) is 0 Å². The fourth-order valence-corrected chi connectivity index (χ4v) is 2.25. The molecule has 0 spiro atoms. The highest BCUT2D eigenvalue weighted by Crippen LogP contribution is 2.19. The van der Waals surface area contributed by atoms with Gasteiger partial charge in [-0.2, -0.15) is 0 Å². The monoisotopic (exact) mass is 364 g/mol. The molecule has 25 heavy (non-hydrogen) atoms. The third-order valence-electron chi connectivity index (χ3n) is 3.76. The van der Waals surface area contributed by atoms with Crippen LogP contribution in [0.1, 0.15) is 18.9 Å². The van der Waals surface area contributed by atoms with Gasteiger partial charge in [-0.3, -0.25) is 4.79 Å². The van der Waals surface area contributed by atoms with Crippen LogP contribution in [0.15, 0.2) is 54.6 Å². The number of carbonyl (C=O) groups excluding carboxylic acids is 1. The molecular weight excluding hydrogens is 340 g/mol. The Labute approximate surface area is 154 Å². The lowest BCUT2D eigenvalue weighted by molar-refractivity contribution is -0.126. The van der Waals surface area contributed by atoms with Gasteiger partial charge in [0, 0.05) is 12.6 Å². The molecule has 0 fully saturated rings. The average molecular weight is 365 g/mol. The Balaban J connectivity index is 0.00000312. The molecule has 2 aromatic carbocycles. The van der Waals surface area contributed by atoms with E-state index in [1.54, 1.807) is 14.0 Å². The van der Waals surface area contributed by atoms with Gasteiger partial charge < -0.3 is 20.5 Å². The highest BCUT2D eigenvalue weighted by Gasteiger charge is 2.29. The fourth-order valence-electron chi connectivity index (χ4n) is 2.25. The second-order valence-corrected chi connectivity index (χ2v) is 5.71. The zero-order valence-electron chi connectivity index (χ0n) is 14.5. The van der Waals surface area contributed by atoms with Crippen LogP contribution in [0.4, 0.5) is 0 Å². The van der Waals surface area contributed by atoms with E-state index in [0.29, 0.717) is 19.6 Å². The second kappa shape index (κ2) is 9.91. The number of hydrogen-bond acceptors (Lipinski definition) is 4. The molecule has 0 heterocycles. The van der Waals surface area contributed by atoms with E-state index < -0.39 is 5.54 Å². The van der Waals surface area contributed by atoms with Crippen molar-refractivity contribution in [3.63, 3.8) is 0 Å². The molecule has 6 heteroatoms. The molecule has 2 rings (SSSR count). The van der Waals surface area contributed by atoms with E-state index in [9.17, 15) is 4.79 Å². The third-order valence-corrected chi connectivity index (χ3v) is 3.76. The summed E-state index contributed by atoms with van der Waals surface area (Å²) in [5.74, 6) is 1.30. The molecule has 1 atom stereocenters. The molecular formula is C19H25ClN2O3. The number of carbonyl (C=O) groups is 1. The second-order valence-electron chi connectivity index (χ2n) is 5.71. The van der Waals surface area contributed by atoms with Crippen LogP contribution in [0.5, 0.6) is 11.5 Å². The summed E-state index contributed by atoms with van der Waals surface area (Å²) < 4.78 is 10.8. The van der Waals surface area contributed by atoms with Crippen molar-refractivity contribution in [3.8, 4) is 11.5 Å². The van der Waals surface area contributed by atoms with Crippen molar-refractivity contribution in [3.05, 3.63) is 60.2 Å². The lowest BCUT2D eigenvalue weighted by Crippen LogP contribution is -2.49. The third kappa shape index (κ3) is 5.96. The molecule has 0 aliphatic rings. The van der Waals surface area contributed by atoms with Crippen LogP contribution >= 0.6 is 12.4 Å². The number of rotatable bonds is 8. The van der Waals surface area contributed by atoms with Gasteiger partial charge in [0.15, 0.2) is 0 Å². The summed E-state index contributed by atoms with van der Waals surface area (Å²) in [5, 5.41) is 2.86. The Morgan fingerprint density at radius 1 is 1.12 bits per heavy atom. The van der Waals surface area contributed by atoms with E-state index in [-0.39, 0.29) is 18.3 Å². The van der Waals surface area contributed by atoms with E-state index in [1.165, 1.54) is 0 Å². The van der Waals surface area contributed by atoms with Crippen molar-refractivity contribution < 1.29 is 14.3 Å². The normalized spacial score (nSPS) is 12.4. The van der Waals surface area contributed by atoms with Gasteiger partial charge in [-0.1, -0.05) is 36.4 Å².